The van der Waals surface area contributed by atoms with Crippen molar-refractivity contribution in [2.45, 2.75) is 46.5 Å². The molecular formula is C15H25NO2S. The maximum atomic E-state index is 11.3. The largest absolute Gasteiger partial charge is 0.215 e. The second kappa shape index (κ2) is 6.06. The molecule has 0 bridgehead atoms. The minimum absolute atomic E-state index is 0.134. The molecule has 0 spiro atoms. The first kappa shape index (κ1) is 16.2. The molecule has 0 fully saturated rings. The lowest BCUT2D eigenvalue weighted by atomic mass is 9.85. The van der Waals surface area contributed by atoms with Crippen molar-refractivity contribution in [3.63, 3.8) is 0 Å². The molecule has 0 atom stereocenters. The fourth-order valence-electron chi connectivity index (χ4n) is 1.89. The van der Waals surface area contributed by atoms with E-state index >= 15 is 0 Å². The van der Waals surface area contributed by atoms with E-state index in [4.69, 9.17) is 0 Å². The summed E-state index contributed by atoms with van der Waals surface area (Å²) in [7, 11) is -3.08. The summed E-state index contributed by atoms with van der Waals surface area (Å²) in [6.45, 7) is 10.8. The molecular weight excluding hydrogens is 258 g/mol. The predicted molar refractivity (Wildman–Crippen MR) is 81.0 cm³/mol. The van der Waals surface area contributed by atoms with E-state index in [1.54, 1.807) is 6.92 Å². The summed E-state index contributed by atoms with van der Waals surface area (Å²) in [6, 6.07) is 6.44. The Morgan fingerprint density at radius 3 is 2.32 bits per heavy atom. The molecule has 1 aromatic carbocycles. The molecule has 1 N–H and O–H groups in total. The van der Waals surface area contributed by atoms with Gasteiger partial charge in [0, 0.05) is 6.54 Å². The van der Waals surface area contributed by atoms with Gasteiger partial charge in [0.05, 0.1) is 5.75 Å². The van der Waals surface area contributed by atoms with Gasteiger partial charge in [0.15, 0.2) is 0 Å². The van der Waals surface area contributed by atoms with Crippen LogP contribution in [0.25, 0.3) is 0 Å². The van der Waals surface area contributed by atoms with Crippen LogP contribution in [0.2, 0.25) is 0 Å². The molecule has 0 unspecified atom stereocenters. The van der Waals surface area contributed by atoms with Crippen LogP contribution in [-0.2, 0) is 21.9 Å². The highest BCUT2D eigenvalue weighted by atomic mass is 32.2. The van der Waals surface area contributed by atoms with Gasteiger partial charge in [0.1, 0.15) is 0 Å². The van der Waals surface area contributed by atoms with Gasteiger partial charge in [0.2, 0.25) is 10.0 Å². The summed E-state index contributed by atoms with van der Waals surface area (Å²) in [5, 5.41) is 0. The number of benzene rings is 1. The van der Waals surface area contributed by atoms with Gasteiger partial charge in [-0.2, -0.15) is 0 Å². The first-order valence-electron chi connectivity index (χ1n) is 6.73. The highest BCUT2D eigenvalue weighted by molar-refractivity contribution is 7.89. The average Bonchev–Trinajstić information content (AvgIpc) is 2.30. The zero-order valence-electron chi connectivity index (χ0n) is 12.6. The predicted octanol–water partition coefficient (Wildman–Crippen LogP) is 2.77. The number of rotatable bonds is 5. The summed E-state index contributed by atoms with van der Waals surface area (Å²) >= 11 is 0. The number of aryl methyl sites for hydroxylation is 1. The van der Waals surface area contributed by atoms with Crippen molar-refractivity contribution in [3.05, 3.63) is 34.9 Å². The molecule has 1 aromatic rings. The van der Waals surface area contributed by atoms with E-state index in [2.05, 4.69) is 50.6 Å². The third kappa shape index (κ3) is 4.96. The standard InChI is InChI=1S/C15H25NO2S/c1-6-19(17,18)16-10-9-13-7-8-14(11-12(13)2)15(3,4)5/h7-8,11,16H,6,9-10H2,1-5H3. The smallest absolute Gasteiger partial charge is 0.211 e. The monoisotopic (exact) mass is 283 g/mol. The average molecular weight is 283 g/mol. The Labute approximate surface area is 117 Å². The first-order chi connectivity index (χ1) is 8.65. The van der Waals surface area contributed by atoms with Crippen molar-refractivity contribution in [3.8, 4) is 0 Å². The van der Waals surface area contributed by atoms with Crippen molar-refractivity contribution in [1.29, 1.82) is 0 Å². The Kier molecular flexibility index (Phi) is 5.16. The molecule has 0 aromatic heterocycles. The number of hydrogen-bond donors (Lipinski definition) is 1. The first-order valence-corrected chi connectivity index (χ1v) is 8.38. The van der Waals surface area contributed by atoms with Crippen LogP contribution in [0.3, 0.4) is 0 Å². The minimum atomic E-state index is -3.08. The lowest BCUT2D eigenvalue weighted by molar-refractivity contribution is 0.582. The molecule has 0 amide bonds. The zero-order valence-corrected chi connectivity index (χ0v) is 13.4. The van der Waals surface area contributed by atoms with Gasteiger partial charge in [-0.15, -0.1) is 0 Å². The van der Waals surface area contributed by atoms with Gasteiger partial charge in [-0.1, -0.05) is 39.0 Å². The van der Waals surface area contributed by atoms with Crippen LogP contribution in [0, 0.1) is 6.92 Å². The Hall–Kier alpha value is -0.870. The van der Waals surface area contributed by atoms with Crippen molar-refractivity contribution in [2.24, 2.45) is 0 Å². The Bertz CT molecular complexity index is 528. The lowest BCUT2D eigenvalue weighted by Gasteiger charge is -2.20. The molecule has 0 saturated heterocycles. The van der Waals surface area contributed by atoms with E-state index in [0.717, 1.165) is 6.42 Å². The van der Waals surface area contributed by atoms with Crippen molar-refractivity contribution < 1.29 is 8.42 Å². The molecule has 0 radical (unpaired) electrons. The quantitative estimate of drug-likeness (QED) is 0.903. The number of sulfonamides is 1. The van der Waals surface area contributed by atoms with Crippen LogP contribution >= 0.6 is 0 Å². The SMILES string of the molecule is CCS(=O)(=O)NCCc1ccc(C(C)(C)C)cc1C. The molecule has 4 heteroatoms. The minimum Gasteiger partial charge on any atom is -0.215 e. The molecule has 1 rings (SSSR count). The van der Waals surface area contributed by atoms with E-state index < -0.39 is 10.0 Å². The van der Waals surface area contributed by atoms with Gasteiger partial charge in [-0.05, 0) is 42.4 Å². The Morgan fingerprint density at radius 1 is 1.21 bits per heavy atom. The number of hydrogen-bond acceptors (Lipinski definition) is 2. The van der Waals surface area contributed by atoms with Crippen LogP contribution in [0.5, 0.6) is 0 Å². The number of nitrogens with one attached hydrogen (secondary N) is 1. The molecule has 0 aliphatic carbocycles. The van der Waals surface area contributed by atoms with Crippen LogP contribution in [0.15, 0.2) is 18.2 Å². The van der Waals surface area contributed by atoms with E-state index in [1.807, 2.05) is 0 Å². The van der Waals surface area contributed by atoms with Gasteiger partial charge in [0.25, 0.3) is 0 Å². The highest BCUT2D eigenvalue weighted by Gasteiger charge is 2.14. The summed E-state index contributed by atoms with van der Waals surface area (Å²) in [4.78, 5) is 0. The maximum absolute atomic E-state index is 11.3. The van der Waals surface area contributed by atoms with E-state index in [1.165, 1.54) is 16.7 Å². The second-order valence-electron chi connectivity index (χ2n) is 5.94. The van der Waals surface area contributed by atoms with Crippen molar-refractivity contribution in [2.75, 3.05) is 12.3 Å². The summed E-state index contributed by atoms with van der Waals surface area (Å²) in [6.07, 6.45) is 0.732. The molecule has 0 heterocycles. The Morgan fingerprint density at radius 2 is 1.84 bits per heavy atom. The third-order valence-corrected chi connectivity index (χ3v) is 4.71. The summed E-state index contributed by atoms with van der Waals surface area (Å²) in [5.41, 5.74) is 3.88. The maximum Gasteiger partial charge on any atom is 0.211 e. The molecule has 19 heavy (non-hydrogen) atoms. The van der Waals surface area contributed by atoms with Crippen molar-refractivity contribution >= 4 is 10.0 Å². The van der Waals surface area contributed by atoms with Gasteiger partial charge in [-0.25, -0.2) is 13.1 Å². The summed E-state index contributed by atoms with van der Waals surface area (Å²) in [5.74, 6) is 0.134. The van der Waals surface area contributed by atoms with Gasteiger partial charge >= 0.3 is 0 Å². The lowest BCUT2D eigenvalue weighted by Crippen LogP contribution is -2.27. The fraction of sp³-hybridized carbons (Fsp3) is 0.600. The summed E-state index contributed by atoms with van der Waals surface area (Å²) < 4.78 is 25.3. The molecule has 0 aliphatic heterocycles. The van der Waals surface area contributed by atoms with Crippen LogP contribution in [0.4, 0.5) is 0 Å². The molecule has 108 valence electrons. The van der Waals surface area contributed by atoms with Crippen LogP contribution in [0.1, 0.15) is 44.4 Å². The fourth-order valence-corrected chi connectivity index (χ4v) is 2.50. The highest BCUT2D eigenvalue weighted by Crippen LogP contribution is 2.24. The molecule has 0 aliphatic rings. The normalized spacial score (nSPS) is 12.7. The van der Waals surface area contributed by atoms with E-state index in [9.17, 15) is 8.42 Å². The molecule has 3 nitrogen and oxygen atoms in total. The van der Waals surface area contributed by atoms with Gasteiger partial charge in [-0.3, -0.25) is 0 Å². The van der Waals surface area contributed by atoms with Crippen LogP contribution in [-0.4, -0.2) is 20.7 Å². The Balaban J connectivity index is 2.71. The van der Waals surface area contributed by atoms with E-state index in [0.29, 0.717) is 6.54 Å². The van der Waals surface area contributed by atoms with Crippen LogP contribution < -0.4 is 4.72 Å². The van der Waals surface area contributed by atoms with E-state index in [-0.39, 0.29) is 11.2 Å². The molecule has 0 saturated carbocycles. The van der Waals surface area contributed by atoms with Gasteiger partial charge < -0.3 is 0 Å². The second-order valence-corrected chi connectivity index (χ2v) is 8.03. The zero-order chi connectivity index (χ0) is 14.7. The topological polar surface area (TPSA) is 46.2 Å². The van der Waals surface area contributed by atoms with Crippen molar-refractivity contribution in [1.82, 2.24) is 4.72 Å². The third-order valence-electron chi connectivity index (χ3n) is 3.30.